The van der Waals surface area contributed by atoms with Crippen LogP contribution in [0.15, 0.2) is 261 Å². The van der Waals surface area contributed by atoms with E-state index in [0.717, 1.165) is 60.9 Å². The standard InChI is InChI=1S/C70H45N5/c1-4-19-44(20-5-1)46-23-18-24-49(41-46)68-71-67(45-21-6-2-7-22-45)72-69(73-68)75-64-40-36-48(47-35-39-63-56(42-47)53-29-13-17-34-62(53)74(63)50-25-8-3-9-26-50)43-57(64)54-37-38-61-65(66(54)75)55-30-12-16-33-60(55)70(61)58-31-14-10-27-51(58)52-28-11-15-32-59(52)70/h1-43,51,58H. The van der Waals surface area contributed by atoms with Gasteiger partial charge in [-0.3, -0.25) is 4.57 Å². The van der Waals surface area contributed by atoms with Crippen LogP contribution in [0.4, 0.5) is 0 Å². The Hall–Kier alpha value is -9.71. The van der Waals surface area contributed by atoms with Gasteiger partial charge in [0.15, 0.2) is 11.6 Å². The molecule has 0 saturated heterocycles. The lowest BCUT2D eigenvalue weighted by Gasteiger charge is -2.36. The molecule has 3 aliphatic carbocycles. The first-order valence-corrected chi connectivity index (χ1v) is 25.9. The third-order valence-electron chi connectivity index (χ3n) is 16.5. The summed E-state index contributed by atoms with van der Waals surface area (Å²) in [5.41, 5.74) is 19.5. The Bertz CT molecular complexity index is 4540. The van der Waals surface area contributed by atoms with Crippen molar-refractivity contribution in [2.24, 2.45) is 5.92 Å². The molecule has 3 aromatic heterocycles. The van der Waals surface area contributed by atoms with Crippen molar-refractivity contribution in [3.63, 3.8) is 0 Å². The maximum atomic E-state index is 5.57. The van der Waals surface area contributed by atoms with E-state index in [1.807, 2.05) is 6.07 Å². The summed E-state index contributed by atoms with van der Waals surface area (Å²) in [4.78, 5) is 16.4. The number of para-hydroxylation sites is 2. The summed E-state index contributed by atoms with van der Waals surface area (Å²) in [7, 11) is 0. The van der Waals surface area contributed by atoms with E-state index in [-0.39, 0.29) is 11.8 Å². The van der Waals surface area contributed by atoms with Gasteiger partial charge in [-0.25, -0.2) is 4.98 Å². The molecule has 1 spiro atoms. The van der Waals surface area contributed by atoms with Crippen LogP contribution in [0.3, 0.4) is 0 Å². The molecule has 3 unspecified atom stereocenters. The fourth-order valence-electron chi connectivity index (χ4n) is 13.4. The van der Waals surface area contributed by atoms with E-state index in [2.05, 4.69) is 264 Å². The molecule has 350 valence electrons. The van der Waals surface area contributed by atoms with Crippen LogP contribution >= 0.6 is 0 Å². The van der Waals surface area contributed by atoms with Gasteiger partial charge in [-0.05, 0) is 98.6 Å². The molecule has 5 heteroatoms. The Morgan fingerprint density at radius 3 is 1.75 bits per heavy atom. The zero-order valence-electron chi connectivity index (χ0n) is 40.7. The van der Waals surface area contributed by atoms with Crippen LogP contribution < -0.4 is 0 Å². The smallest absolute Gasteiger partial charge is 0.238 e. The highest BCUT2D eigenvalue weighted by atomic mass is 15.2. The maximum absolute atomic E-state index is 5.57. The first-order valence-electron chi connectivity index (χ1n) is 25.9. The molecular formula is C70H45N5. The number of rotatable bonds is 6. The minimum atomic E-state index is -0.416. The number of allylic oxidation sites excluding steroid dienone is 4. The maximum Gasteiger partial charge on any atom is 0.238 e. The number of nitrogens with zero attached hydrogens (tertiary/aromatic N) is 5. The van der Waals surface area contributed by atoms with Crippen LogP contribution in [0.2, 0.25) is 0 Å². The number of benzene rings is 10. The van der Waals surface area contributed by atoms with Crippen molar-refractivity contribution >= 4 is 43.6 Å². The van der Waals surface area contributed by atoms with Gasteiger partial charge >= 0.3 is 0 Å². The zero-order chi connectivity index (χ0) is 49.2. The lowest BCUT2D eigenvalue weighted by atomic mass is 9.65. The fourth-order valence-corrected chi connectivity index (χ4v) is 13.4. The van der Waals surface area contributed by atoms with E-state index < -0.39 is 5.41 Å². The zero-order valence-corrected chi connectivity index (χ0v) is 40.7. The second-order valence-corrected chi connectivity index (χ2v) is 20.2. The molecule has 3 atom stereocenters. The molecule has 0 N–H and O–H groups in total. The van der Waals surface area contributed by atoms with Crippen LogP contribution in [0.25, 0.3) is 111 Å². The molecular weight excluding hydrogens is 911 g/mol. The highest BCUT2D eigenvalue weighted by molar-refractivity contribution is 6.17. The largest absolute Gasteiger partial charge is 0.309 e. The Morgan fingerprint density at radius 2 is 0.947 bits per heavy atom. The van der Waals surface area contributed by atoms with Gasteiger partial charge < -0.3 is 4.57 Å². The molecule has 13 aromatic rings. The van der Waals surface area contributed by atoms with Crippen molar-refractivity contribution in [1.82, 2.24) is 24.1 Å². The summed E-state index contributed by atoms with van der Waals surface area (Å²) < 4.78 is 4.73. The summed E-state index contributed by atoms with van der Waals surface area (Å²) in [5, 5.41) is 4.73. The molecule has 10 aromatic carbocycles. The van der Waals surface area contributed by atoms with Crippen LogP contribution in [-0.2, 0) is 5.41 Å². The van der Waals surface area contributed by atoms with Crippen molar-refractivity contribution in [2.75, 3.05) is 0 Å². The molecule has 0 bridgehead atoms. The normalized spacial score (nSPS) is 17.0. The summed E-state index contributed by atoms with van der Waals surface area (Å²) in [5.74, 6) is 2.24. The van der Waals surface area contributed by atoms with Crippen molar-refractivity contribution in [1.29, 1.82) is 0 Å². The summed E-state index contributed by atoms with van der Waals surface area (Å²) in [6.45, 7) is 0. The predicted octanol–water partition coefficient (Wildman–Crippen LogP) is 16.9. The Balaban J connectivity index is 0.988. The molecule has 0 fully saturated rings. The van der Waals surface area contributed by atoms with Gasteiger partial charge in [0.2, 0.25) is 5.95 Å². The topological polar surface area (TPSA) is 48.5 Å². The monoisotopic (exact) mass is 955 g/mol. The van der Waals surface area contributed by atoms with Gasteiger partial charge in [0, 0.05) is 55.8 Å². The summed E-state index contributed by atoms with van der Waals surface area (Å²) in [6, 6.07) is 86.0. The quantitative estimate of drug-likeness (QED) is 0.167. The van der Waals surface area contributed by atoms with E-state index in [1.54, 1.807) is 0 Å². The lowest BCUT2D eigenvalue weighted by molar-refractivity contribution is 0.466. The first kappa shape index (κ1) is 41.9. The van der Waals surface area contributed by atoms with Crippen LogP contribution in [0.1, 0.15) is 28.2 Å². The van der Waals surface area contributed by atoms with Crippen molar-refractivity contribution < 1.29 is 0 Å². The van der Waals surface area contributed by atoms with Gasteiger partial charge in [-0.15, -0.1) is 0 Å². The Labute approximate surface area is 433 Å². The van der Waals surface area contributed by atoms with Crippen molar-refractivity contribution in [3.8, 4) is 67.8 Å². The average Bonchev–Trinajstić information content (AvgIpc) is 4.23. The van der Waals surface area contributed by atoms with E-state index in [0.29, 0.717) is 17.6 Å². The van der Waals surface area contributed by atoms with Crippen LogP contribution in [0.5, 0.6) is 0 Å². The van der Waals surface area contributed by atoms with Crippen molar-refractivity contribution in [3.05, 3.63) is 283 Å². The molecule has 3 aliphatic rings. The predicted molar refractivity (Wildman–Crippen MR) is 307 cm³/mol. The van der Waals surface area contributed by atoms with E-state index in [9.17, 15) is 0 Å². The lowest BCUT2D eigenvalue weighted by Crippen LogP contribution is -2.32. The van der Waals surface area contributed by atoms with Gasteiger partial charge in [-0.1, -0.05) is 212 Å². The number of hydrogen-bond donors (Lipinski definition) is 0. The Kier molecular flexibility index (Phi) is 9.01. The number of fused-ring (bicyclic) bond motifs is 17. The molecule has 0 saturated carbocycles. The molecule has 0 amide bonds. The van der Waals surface area contributed by atoms with Gasteiger partial charge in [0.05, 0.1) is 27.5 Å². The van der Waals surface area contributed by atoms with Crippen molar-refractivity contribution in [2.45, 2.75) is 11.3 Å². The fraction of sp³-hybridized carbons (Fsp3) is 0.0429. The number of aromatic nitrogens is 5. The first-order chi connectivity index (χ1) is 37.2. The van der Waals surface area contributed by atoms with Gasteiger partial charge in [0.25, 0.3) is 0 Å². The summed E-state index contributed by atoms with van der Waals surface area (Å²) >= 11 is 0. The molecule has 0 aliphatic heterocycles. The minimum absolute atomic E-state index is 0.192. The highest BCUT2D eigenvalue weighted by Crippen LogP contribution is 2.66. The molecule has 3 heterocycles. The van der Waals surface area contributed by atoms with Gasteiger partial charge in [0.1, 0.15) is 0 Å². The average molecular weight is 956 g/mol. The van der Waals surface area contributed by atoms with Crippen LogP contribution in [0, 0.1) is 5.92 Å². The Morgan fingerprint density at radius 1 is 0.360 bits per heavy atom. The number of hydrogen-bond acceptors (Lipinski definition) is 3. The SMILES string of the molecule is C1=CC2c3ccccc3C3(c4ccccc4-c4c3ccc3c5cc(-c6ccc7c(c6)c6ccccc6n7-c6ccccc6)ccc5n(-c5nc(-c6ccccc6)nc(-c6cccc(-c7ccccc7)c6)n5)c43)C2C=C1. The second kappa shape index (κ2) is 16.1. The van der Waals surface area contributed by atoms with E-state index >= 15 is 0 Å². The van der Waals surface area contributed by atoms with Crippen LogP contribution in [-0.4, -0.2) is 24.1 Å². The molecule has 16 rings (SSSR count). The van der Waals surface area contributed by atoms with E-state index in [1.165, 1.54) is 55.2 Å². The second-order valence-electron chi connectivity index (χ2n) is 20.2. The van der Waals surface area contributed by atoms with Gasteiger partial charge in [-0.2, -0.15) is 9.97 Å². The minimum Gasteiger partial charge on any atom is -0.309 e. The molecule has 75 heavy (non-hydrogen) atoms. The van der Waals surface area contributed by atoms with E-state index in [4.69, 9.17) is 15.0 Å². The highest BCUT2D eigenvalue weighted by Gasteiger charge is 2.57. The summed E-state index contributed by atoms with van der Waals surface area (Å²) in [6.07, 6.45) is 9.36. The molecule has 0 radical (unpaired) electrons. The third-order valence-corrected chi connectivity index (χ3v) is 16.5. The third kappa shape index (κ3) is 6.04. The molecule has 5 nitrogen and oxygen atoms in total.